The van der Waals surface area contributed by atoms with Crippen LogP contribution in [0, 0.1) is 5.92 Å². The van der Waals surface area contributed by atoms with Crippen LogP contribution in [0.4, 0.5) is 5.69 Å². The lowest BCUT2D eigenvalue weighted by Gasteiger charge is -2.38. The molecule has 4 nitrogen and oxygen atoms in total. The van der Waals surface area contributed by atoms with Gasteiger partial charge in [-0.3, -0.25) is 4.90 Å². The number of halogens is 1. The first-order valence-corrected chi connectivity index (χ1v) is 10.9. The predicted octanol–water partition coefficient (Wildman–Crippen LogP) is 4.73. The Morgan fingerprint density at radius 1 is 1.00 bits per heavy atom. The van der Waals surface area contributed by atoms with Crippen LogP contribution in [0.15, 0.2) is 48.5 Å². The van der Waals surface area contributed by atoms with Gasteiger partial charge in [0.2, 0.25) is 0 Å². The maximum atomic E-state index is 6.14. The minimum Gasteiger partial charge on any atom is -0.486 e. The summed E-state index contributed by atoms with van der Waals surface area (Å²) in [6, 6.07) is 14.3. The van der Waals surface area contributed by atoms with Gasteiger partial charge in [0.25, 0.3) is 0 Å². The van der Waals surface area contributed by atoms with E-state index in [0.29, 0.717) is 11.6 Å². The Bertz CT molecular complexity index is 892. The average molecular weight is 411 g/mol. The second-order valence-corrected chi connectivity index (χ2v) is 8.69. The van der Waals surface area contributed by atoms with Crippen LogP contribution in [-0.4, -0.2) is 50.3 Å². The monoisotopic (exact) mass is 410 g/mol. The zero-order valence-electron chi connectivity index (χ0n) is 16.6. The predicted molar refractivity (Wildman–Crippen MR) is 118 cm³/mol. The summed E-state index contributed by atoms with van der Waals surface area (Å²) >= 11 is 6.09. The summed E-state index contributed by atoms with van der Waals surface area (Å²) in [4.78, 5) is 5.05. The summed E-state index contributed by atoms with van der Waals surface area (Å²) < 4.78 is 12.0. The fraction of sp³-hybridized carbons (Fsp3) is 0.417. The molecule has 1 saturated heterocycles. The Morgan fingerprint density at radius 3 is 2.76 bits per heavy atom. The maximum absolute atomic E-state index is 6.14. The van der Waals surface area contributed by atoms with Gasteiger partial charge in [0.05, 0.1) is 0 Å². The SMILES string of the molecule is Clc1ccc2c(c1)O[C@@H](CN1CCC(CN3CC=Cc4ccccc43)CC1)CO2. The summed E-state index contributed by atoms with van der Waals surface area (Å²) in [6.45, 7) is 5.92. The van der Waals surface area contributed by atoms with Gasteiger partial charge < -0.3 is 14.4 Å². The summed E-state index contributed by atoms with van der Waals surface area (Å²) in [6.07, 6.45) is 7.06. The molecule has 5 rings (SSSR count). The number of fused-ring (bicyclic) bond motifs is 2. The minimum absolute atomic E-state index is 0.0663. The van der Waals surface area contributed by atoms with Crippen molar-refractivity contribution in [1.29, 1.82) is 0 Å². The molecule has 2 aromatic carbocycles. The number of likely N-dealkylation sites (tertiary alicyclic amines) is 1. The number of hydrogen-bond acceptors (Lipinski definition) is 4. The first-order valence-electron chi connectivity index (χ1n) is 10.6. The summed E-state index contributed by atoms with van der Waals surface area (Å²) in [5.74, 6) is 2.30. The highest BCUT2D eigenvalue weighted by atomic mass is 35.5. The first kappa shape index (κ1) is 18.8. The van der Waals surface area contributed by atoms with Crippen LogP contribution in [0.3, 0.4) is 0 Å². The highest BCUT2D eigenvalue weighted by Crippen LogP contribution is 2.34. The average Bonchev–Trinajstić information content (AvgIpc) is 2.75. The molecule has 0 spiro atoms. The molecule has 2 aromatic rings. The summed E-state index contributed by atoms with van der Waals surface area (Å²) in [5, 5.41) is 0.683. The molecule has 0 unspecified atom stereocenters. The van der Waals surface area contributed by atoms with Gasteiger partial charge in [-0.05, 0) is 55.6 Å². The van der Waals surface area contributed by atoms with Crippen molar-refractivity contribution in [3.05, 3.63) is 59.1 Å². The lowest BCUT2D eigenvalue weighted by molar-refractivity contribution is 0.0482. The molecule has 3 heterocycles. The number of rotatable bonds is 4. The molecule has 3 aliphatic heterocycles. The Morgan fingerprint density at radius 2 is 1.86 bits per heavy atom. The molecule has 1 fully saturated rings. The number of piperidine rings is 1. The molecule has 5 heteroatoms. The molecule has 1 atom stereocenters. The van der Waals surface area contributed by atoms with Gasteiger partial charge >= 0.3 is 0 Å². The van der Waals surface area contributed by atoms with Crippen molar-refractivity contribution in [1.82, 2.24) is 4.90 Å². The zero-order valence-corrected chi connectivity index (χ0v) is 17.4. The molecule has 0 saturated carbocycles. The van der Waals surface area contributed by atoms with E-state index in [1.165, 1.54) is 24.1 Å². The fourth-order valence-corrected chi connectivity index (χ4v) is 4.79. The van der Waals surface area contributed by atoms with E-state index >= 15 is 0 Å². The van der Waals surface area contributed by atoms with Gasteiger partial charge in [-0.1, -0.05) is 42.0 Å². The quantitative estimate of drug-likeness (QED) is 0.727. The van der Waals surface area contributed by atoms with Crippen LogP contribution >= 0.6 is 11.6 Å². The number of para-hydroxylation sites is 1. The van der Waals surface area contributed by atoms with Crippen molar-refractivity contribution >= 4 is 23.4 Å². The lowest BCUT2D eigenvalue weighted by atomic mass is 9.95. The third-order valence-corrected chi connectivity index (χ3v) is 6.41. The van der Waals surface area contributed by atoms with Crippen molar-refractivity contribution in [2.75, 3.05) is 44.2 Å². The van der Waals surface area contributed by atoms with Crippen LogP contribution in [0.1, 0.15) is 18.4 Å². The van der Waals surface area contributed by atoms with Gasteiger partial charge in [0.1, 0.15) is 12.7 Å². The Labute approximate surface area is 177 Å². The molecule has 0 radical (unpaired) electrons. The van der Waals surface area contributed by atoms with Crippen LogP contribution in [0.5, 0.6) is 11.5 Å². The van der Waals surface area contributed by atoms with E-state index in [9.17, 15) is 0 Å². The highest BCUT2D eigenvalue weighted by molar-refractivity contribution is 6.30. The van der Waals surface area contributed by atoms with Gasteiger partial charge in [-0.2, -0.15) is 0 Å². The normalized spacial score (nSPS) is 21.8. The van der Waals surface area contributed by atoms with Crippen LogP contribution < -0.4 is 14.4 Å². The first-order chi connectivity index (χ1) is 14.2. The molecule has 0 aromatic heterocycles. The molecule has 29 heavy (non-hydrogen) atoms. The fourth-order valence-electron chi connectivity index (χ4n) is 4.63. The number of benzene rings is 2. The van der Waals surface area contributed by atoms with Crippen molar-refractivity contribution in [3.8, 4) is 11.5 Å². The molecule has 0 N–H and O–H groups in total. The number of ether oxygens (including phenoxy) is 2. The summed E-state index contributed by atoms with van der Waals surface area (Å²) in [7, 11) is 0. The van der Waals surface area contributed by atoms with Gasteiger partial charge in [-0.25, -0.2) is 0 Å². The smallest absolute Gasteiger partial charge is 0.163 e. The Kier molecular flexibility index (Phi) is 5.38. The molecule has 0 bridgehead atoms. The summed E-state index contributed by atoms with van der Waals surface area (Å²) in [5.41, 5.74) is 2.72. The largest absolute Gasteiger partial charge is 0.486 e. The highest BCUT2D eigenvalue weighted by Gasteiger charge is 2.27. The molecule has 3 aliphatic rings. The van der Waals surface area contributed by atoms with E-state index in [4.69, 9.17) is 21.1 Å². The number of anilines is 1. The van der Waals surface area contributed by atoms with Crippen molar-refractivity contribution in [3.63, 3.8) is 0 Å². The van der Waals surface area contributed by atoms with Crippen molar-refractivity contribution < 1.29 is 9.47 Å². The van der Waals surface area contributed by atoms with Crippen LogP contribution in [0.25, 0.3) is 6.08 Å². The maximum Gasteiger partial charge on any atom is 0.163 e. The molecule has 0 aliphatic carbocycles. The lowest BCUT2D eigenvalue weighted by Crippen LogP contribution is -2.45. The van der Waals surface area contributed by atoms with Crippen LogP contribution in [0.2, 0.25) is 5.02 Å². The molecule has 0 amide bonds. The Hall–Kier alpha value is -2.17. The standard InChI is InChI=1S/C24H27ClN2O2/c25-20-7-8-23-24(14-20)29-21(17-28-23)16-26-12-9-18(10-13-26)15-27-11-3-5-19-4-1-2-6-22(19)27/h1-8,14,18,21H,9-13,15-17H2/t21-/m0/s1. The van der Waals surface area contributed by atoms with E-state index in [1.54, 1.807) is 0 Å². The van der Waals surface area contributed by atoms with E-state index in [-0.39, 0.29) is 6.10 Å². The van der Waals surface area contributed by atoms with E-state index in [2.05, 4.69) is 46.2 Å². The molecular weight excluding hydrogens is 384 g/mol. The van der Waals surface area contributed by atoms with Crippen molar-refractivity contribution in [2.24, 2.45) is 5.92 Å². The molecule has 152 valence electrons. The third kappa shape index (κ3) is 4.24. The van der Waals surface area contributed by atoms with E-state index in [0.717, 1.165) is 50.1 Å². The second kappa shape index (κ2) is 8.29. The van der Waals surface area contributed by atoms with Crippen molar-refractivity contribution in [2.45, 2.75) is 18.9 Å². The third-order valence-electron chi connectivity index (χ3n) is 6.17. The van der Waals surface area contributed by atoms with Gasteiger partial charge in [0.15, 0.2) is 11.5 Å². The number of nitrogens with zero attached hydrogens (tertiary/aromatic N) is 2. The molecular formula is C24H27ClN2O2. The van der Waals surface area contributed by atoms with E-state index < -0.39 is 0 Å². The topological polar surface area (TPSA) is 24.9 Å². The van der Waals surface area contributed by atoms with Gasteiger partial charge in [-0.15, -0.1) is 0 Å². The number of hydrogen-bond donors (Lipinski definition) is 0. The van der Waals surface area contributed by atoms with Gasteiger partial charge in [0, 0.05) is 36.4 Å². The van der Waals surface area contributed by atoms with E-state index in [1.807, 2.05) is 18.2 Å². The minimum atomic E-state index is 0.0663. The second-order valence-electron chi connectivity index (χ2n) is 8.25. The Balaban J connectivity index is 1.12. The zero-order chi connectivity index (χ0) is 19.6. The van der Waals surface area contributed by atoms with Crippen LogP contribution in [-0.2, 0) is 0 Å².